The lowest BCUT2D eigenvalue weighted by Crippen LogP contribution is -2.28. The first-order chi connectivity index (χ1) is 6.92. The van der Waals surface area contributed by atoms with Crippen LogP contribution in [0.1, 0.15) is 30.2 Å². The van der Waals surface area contributed by atoms with E-state index in [1.807, 2.05) is 18.0 Å². The van der Waals surface area contributed by atoms with Crippen molar-refractivity contribution in [3.05, 3.63) is 23.7 Å². The number of hydrogen-bond donors (Lipinski definition) is 1. The van der Waals surface area contributed by atoms with Crippen molar-refractivity contribution in [1.29, 1.82) is 0 Å². The van der Waals surface area contributed by atoms with E-state index >= 15 is 0 Å². The molecule has 1 aliphatic rings. The smallest absolute Gasteiger partial charge is 0.123 e. The molecule has 0 aromatic carbocycles. The molecule has 0 aliphatic carbocycles. The summed E-state index contributed by atoms with van der Waals surface area (Å²) in [4.78, 5) is 0. The normalized spacial score (nSPS) is 20.8. The Hall–Kier alpha value is -0.410. The lowest BCUT2D eigenvalue weighted by Gasteiger charge is -2.22. The van der Waals surface area contributed by atoms with Crippen molar-refractivity contribution in [2.75, 3.05) is 18.6 Å². The van der Waals surface area contributed by atoms with Gasteiger partial charge in [0.2, 0.25) is 0 Å². The molecule has 78 valence electrons. The molecular weight excluding hydrogens is 194 g/mol. The quantitative estimate of drug-likeness (QED) is 0.775. The van der Waals surface area contributed by atoms with Crippen LogP contribution in [0.2, 0.25) is 0 Å². The zero-order valence-corrected chi connectivity index (χ0v) is 9.40. The topological polar surface area (TPSA) is 25.2 Å². The van der Waals surface area contributed by atoms with E-state index in [0.717, 1.165) is 13.0 Å². The minimum Gasteiger partial charge on any atom is -0.467 e. The fourth-order valence-corrected chi connectivity index (χ4v) is 2.45. The number of hydrogen-bond acceptors (Lipinski definition) is 3. The Kier molecular flexibility index (Phi) is 3.54. The summed E-state index contributed by atoms with van der Waals surface area (Å²) in [6.07, 6.45) is 7.55. The molecule has 0 radical (unpaired) electrons. The molecule has 1 unspecified atom stereocenters. The monoisotopic (exact) mass is 211 g/mol. The Bertz CT molecular complexity index is 285. The van der Waals surface area contributed by atoms with E-state index in [-0.39, 0.29) is 0 Å². The van der Waals surface area contributed by atoms with Gasteiger partial charge in [0.15, 0.2) is 0 Å². The minimum atomic E-state index is 0.459. The highest BCUT2D eigenvalue weighted by Crippen LogP contribution is 2.27. The standard InChI is InChI=1S/C11H17NOS/c1-14-8-2-3-10-11-9(4-6-12-10)5-7-13-11/h5,7,10,12H,2-4,6,8H2,1H3. The number of nitrogens with one attached hydrogen (secondary N) is 1. The fourth-order valence-electron chi connectivity index (χ4n) is 2.00. The van der Waals surface area contributed by atoms with Crippen LogP contribution in [0, 0.1) is 0 Å². The summed E-state index contributed by atoms with van der Waals surface area (Å²) < 4.78 is 5.53. The van der Waals surface area contributed by atoms with Crippen LogP contribution in [0.25, 0.3) is 0 Å². The predicted octanol–water partition coefficient (Wildman–Crippen LogP) is 2.61. The molecule has 14 heavy (non-hydrogen) atoms. The summed E-state index contributed by atoms with van der Waals surface area (Å²) in [5.41, 5.74) is 1.40. The van der Waals surface area contributed by atoms with E-state index in [1.165, 1.54) is 29.9 Å². The van der Waals surface area contributed by atoms with Gasteiger partial charge in [-0.05, 0) is 49.4 Å². The second-order valence-electron chi connectivity index (χ2n) is 3.70. The molecule has 1 N–H and O–H groups in total. The van der Waals surface area contributed by atoms with Crippen molar-refractivity contribution < 1.29 is 4.42 Å². The van der Waals surface area contributed by atoms with Crippen LogP contribution in [0.15, 0.2) is 16.7 Å². The number of thioether (sulfide) groups is 1. The molecule has 0 bridgehead atoms. The lowest BCUT2D eigenvalue weighted by atomic mass is 10.00. The van der Waals surface area contributed by atoms with Gasteiger partial charge in [-0.2, -0.15) is 11.8 Å². The van der Waals surface area contributed by atoms with Crippen LogP contribution in [-0.2, 0) is 6.42 Å². The Balaban J connectivity index is 1.94. The summed E-state index contributed by atoms with van der Waals surface area (Å²) >= 11 is 1.92. The molecular formula is C11H17NOS. The first-order valence-corrected chi connectivity index (χ1v) is 6.60. The highest BCUT2D eigenvalue weighted by atomic mass is 32.2. The van der Waals surface area contributed by atoms with Crippen molar-refractivity contribution in [2.45, 2.75) is 25.3 Å². The Morgan fingerprint density at radius 3 is 3.43 bits per heavy atom. The molecule has 2 heterocycles. The molecule has 0 spiro atoms. The van der Waals surface area contributed by atoms with Crippen molar-refractivity contribution in [3.63, 3.8) is 0 Å². The third-order valence-electron chi connectivity index (χ3n) is 2.72. The maximum atomic E-state index is 5.53. The maximum Gasteiger partial charge on any atom is 0.123 e. The highest BCUT2D eigenvalue weighted by Gasteiger charge is 2.21. The van der Waals surface area contributed by atoms with Gasteiger partial charge in [0.25, 0.3) is 0 Å². The van der Waals surface area contributed by atoms with Gasteiger partial charge in [-0.15, -0.1) is 0 Å². The highest BCUT2D eigenvalue weighted by molar-refractivity contribution is 7.98. The van der Waals surface area contributed by atoms with Gasteiger partial charge in [0.1, 0.15) is 5.76 Å². The number of fused-ring (bicyclic) bond motifs is 1. The van der Waals surface area contributed by atoms with Crippen LogP contribution in [0.4, 0.5) is 0 Å². The van der Waals surface area contributed by atoms with Crippen LogP contribution in [0.3, 0.4) is 0 Å². The minimum absolute atomic E-state index is 0.459. The van der Waals surface area contributed by atoms with Gasteiger partial charge in [-0.25, -0.2) is 0 Å². The number of rotatable bonds is 4. The fraction of sp³-hybridized carbons (Fsp3) is 0.636. The van der Waals surface area contributed by atoms with Gasteiger partial charge in [-0.1, -0.05) is 0 Å². The van der Waals surface area contributed by atoms with E-state index in [0.29, 0.717) is 6.04 Å². The first kappa shape index (κ1) is 10.1. The van der Waals surface area contributed by atoms with Crippen LogP contribution < -0.4 is 5.32 Å². The van der Waals surface area contributed by atoms with E-state index in [2.05, 4.69) is 17.6 Å². The Labute approximate surface area is 89.4 Å². The molecule has 1 aromatic heterocycles. The molecule has 0 saturated heterocycles. The zero-order chi connectivity index (χ0) is 9.80. The summed E-state index contributed by atoms with van der Waals surface area (Å²) in [7, 11) is 0. The molecule has 2 nitrogen and oxygen atoms in total. The summed E-state index contributed by atoms with van der Waals surface area (Å²) in [5.74, 6) is 2.42. The molecule has 1 aliphatic heterocycles. The summed E-state index contributed by atoms with van der Waals surface area (Å²) in [5, 5.41) is 3.52. The molecule has 0 saturated carbocycles. The SMILES string of the molecule is CSCCCC1NCCc2ccoc21. The molecule has 1 aromatic rings. The van der Waals surface area contributed by atoms with Gasteiger partial charge < -0.3 is 9.73 Å². The van der Waals surface area contributed by atoms with Crippen molar-refractivity contribution in [1.82, 2.24) is 5.32 Å². The van der Waals surface area contributed by atoms with Crippen molar-refractivity contribution in [3.8, 4) is 0 Å². The Morgan fingerprint density at radius 2 is 2.57 bits per heavy atom. The first-order valence-electron chi connectivity index (χ1n) is 5.20. The lowest BCUT2D eigenvalue weighted by molar-refractivity contribution is 0.374. The van der Waals surface area contributed by atoms with Crippen LogP contribution in [-0.4, -0.2) is 18.6 Å². The third kappa shape index (κ3) is 2.15. The largest absolute Gasteiger partial charge is 0.467 e. The molecule has 3 heteroatoms. The van der Waals surface area contributed by atoms with Gasteiger partial charge in [0, 0.05) is 0 Å². The third-order valence-corrected chi connectivity index (χ3v) is 3.42. The van der Waals surface area contributed by atoms with Gasteiger partial charge >= 0.3 is 0 Å². The molecule has 0 amide bonds. The average Bonchev–Trinajstić information content (AvgIpc) is 2.67. The zero-order valence-electron chi connectivity index (χ0n) is 8.58. The number of furan rings is 1. The van der Waals surface area contributed by atoms with E-state index in [1.54, 1.807) is 0 Å². The second-order valence-corrected chi connectivity index (χ2v) is 4.69. The van der Waals surface area contributed by atoms with Crippen LogP contribution in [0.5, 0.6) is 0 Å². The van der Waals surface area contributed by atoms with Crippen LogP contribution >= 0.6 is 11.8 Å². The maximum absolute atomic E-state index is 5.53. The van der Waals surface area contributed by atoms with Crippen molar-refractivity contribution in [2.24, 2.45) is 0 Å². The van der Waals surface area contributed by atoms with Gasteiger partial charge in [0.05, 0.1) is 12.3 Å². The molecule has 1 atom stereocenters. The average molecular weight is 211 g/mol. The van der Waals surface area contributed by atoms with E-state index in [4.69, 9.17) is 4.42 Å². The summed E-state index contributed by atoms with van der Waals surface area (Å²) in [6.45, 7) is 1.09. The Morgan fingerprint density at radius 1 is 1.64 bits per heavy atom. The van der Waals surface area contributed by atoms with E-state index in [9.17, 15) is 0 Å². The second kappa shape index (κ2) is 4.89. The van der Waals surface area contributed by atoms with E-state index < -0.39 is 0 Å². The molecule has 0 fully saturated rings. The predicted molar refractivity (Wildman–Crippen MR) is 60.8 cm³/mol. The molecule has 2 rings (SSSR count). The van der Waals surface area contributed by atoms with Crippen molar-refractivity contribution >= 4 is 11.8 Å². The summed E-state index contributed by atoms with van der Waals surface area (Å²) in [6, 6.07) is 2.57. The van der Waals surface area contributed by atoms with Gasteiger partial charge in [-0.3, -0.25) is 0 Å².